The van der Waals surface area contributed by atoms with E-state index in [9.17, 15) is 39.9 Å². The summed E-state index contributed by atoms with van der Waals surface area (Å²) in [4.78, 5) is 14.2. The van der Waals surface area contributed by atoms with Gasteiger partial charge in [-0.2, -0.15) is 26.3 Å². The lowest BCUT2D eigenvalue weighted by molar-refractivity contribution is -0.946. The Hall–Kier alpha value is -3.51. The van der Waals surface area contributed by atoms with Gasteiger partial charge in [0.05, 0.1) is 43.9 Å². The van der Waals surface area contributed by atoms with Crippen LogP contribution in [0, 0.1) is 17.0 Å². The number of carbonyl (C=O) groups is 1. The number of ether oxygens (including phenoxy) is 1. The summed E-state index contributed by atoms with van der Waals surface area (Å²) in [5, 5.41) is 0. The summed E-state index contributed by atoms with van der Waals surface area (Å²) in [5.41, 5.74) is -2.92. The molecule has 4 saturated heterocycles. The molecule has 1 unspecified atom stereocenters. The average molecular weight is 668 g/mol. The summed E-state index contributed by atoms with van der Waals surface area (Å²) in [6.07, 6.45) is -5.76. The zero-order chi connectivity index (χ0) is 33.7. The Balaban J connectivity index is 1.25. The number of carbonyl (C=O) groups excluding carboxylic acids is 1. The van der Waals surface area contributed by atoms with Gasteiger partial charge >= 0.3 is 12.4 Å². The molecule has 4 fully saturated rings. The van der Waals surface area contributed by atoms with Crippen LogP contribution in [0.4, 0.5) is 35.1 Å². The molecule has 3 aromatic rings. The lowest BCUT2D eigenvalue weighted by Gasteiger charge is -2.56. The molecule has 4 aliphatic rings. The van der Waals surface area contributed by atoms with Crippen molar-refractivity contribution in [1.29, 1.82) is 0 Å². The number of halogens is 8. The molecule has 12 heteroatoms. The maximum absolute atomic E-state index is 14.6. The van der Waals surface area contributed by atoms with Gasteiger partial charge in [0.2, 0.25) is 5.91 Å². The second kappa shape index (κ2) is 12.2. The Kier molecular flexibility index (Phi) is 8.65. The summed E-state index contributed by atoms with van der Waals surface area (Å²) in [6, 6.07) is 14.9. The van der Waals surface area contributed by atoms with E-state index >= 15 is 0 Å². The third kappa shape index (κ3) is 7.04. The van der Waals surface area contributed by atoms with E-state index in [1.165, 1.54) is 11.6 Å². The molecule has 4 nitrogen and oxygen atoms in total. The van der Waals surface area contributed by atoms with E-state index in [0.717, 1.165) is 66.8 Å². The van der Waals surface area contributed by atoms with Crippen LogP contribution >= 0.6 is 0 Å². The predicted octanol–water partition coefficient (Wildman–Crippen LogP) is 7.89. The van der Waals surface area contributed by atoms with Gasteiger partial charge in [0, 0.05) is 32.2 Å². The first-order valence-electron chi connectivity index (χ1n) is 15.6. The number of nitrogens with zero attached hydrogens (tertiary/aromatic N) is 2. The SMILES string of the molecule is O=C1COC(CC[N+]23CCC(Cc4ccccc4)(CC2)CC3)(c2ccc(F)c(F)c2)CN1Cc1cc(C(F)(F)F)cc(C(F)(F)F)c1. The summed E-state index contributed by atoms with van der Waals surface area (Å²) in [5.74, 6) is -2.85. The Morgan fingerprint density at radius 1 is 0.766 bits per heavy atom. The van der Waals surface area contributed by atoms with Gasteiger partial charge in [-0.15, -0.1) is 0 Å². The van der Waals surface area contributed by atoms with Gasteiger partial charge in [0.1, 0.15) is 12.2 Å². The topological polar surface area (TPSA) is 29.5 Å². The van der Waals surface area contributed by atoms with Crippen molar-refractivity contribution in [3.8, 4) is 0 Å². The first kappa shape index (κ1) is 33.4. The van der Waals surface area contributed by atoms with Crippen LogP contribution in [0.3, 0.4) is 0 Å². The number of fused-ring (bicyclic) bond motifs is 3. The third-order valence-corrected chi connectivity index (χ3v) is 10.5. The highest BCUT2D eigenvalue weighted by Crippen LogP contribution is 2.47. The van der Waals surface area contributed by atoms with Crippen LogP contribution in [-0.4, -0.2) is 54.6 Å². The van der Waals surface area contributed by atoms with Crippen molar-refractivity contribution < 1.29 is 49.1 Å². The molecule has 0 spiro atoms. The molecule has 7 rings (SSSR count). The minimum atomic E-state index is -5.05. The molecule has 1 atom stereocenters. The van der Waals surface area contributed by atoms with E-state index in [4.69, 9.17) is 4.74 Å². The standard InChI is InChI=1S/C35H35F8N2O2/c36-29-7-6-26(19-30(29)37)33(11-15-45-12-8-32(9-13-45,10-14-45)20-24-4-2-1-3-5-24)23-44(31(46)22-47-33)21-25-16-27(34(38,39)40)18-28(17-25)35(41,42)43/h1-7,16-19H,8-15,20-23H2/q+1. The number of amides is 1. The van der Waals surface area contributed by atoms with Crippen LogP contribution in [0.25, 0.3) is 0 Å². The van der Waals surface area contributed by atoms with Crippen molar-refractivity contribution in [1.82, 2.24) is 4.90 Å². The van der Waals surface area contributed by atoms with Crippen LogP contribution in [0.5, 0.6) is 0 Å². The van der Waals surface area contributed by atoms with Crippen molar-refractivity contribution in [2.45, 2.75) is 56.6 Å². The molecule has 0 saturated carbocycles. The van der Waals surface area contributed by atoms with Gasteiger partial charge in [-0.05, 0) is 58.9 Å². The van der Waals surface area contributed by atoms with Gasteiger partial charge in [-0.1, -0.05) is 36.4 Å². The maximum Gasteiger partial charge on any atom is 0.416 e. The molecule has 4 heterocycles. The van der Waals surface area contributed by atoms with Crippen molar-refractivity contribution in [2.24, 2.45) is 5.41 Å². The zero-order valence-corrected chi connectivity index (χ0v) is 25.6. The van der Waals surface area contributed by atoms with Gasteiger partial charge in [-0.3, -0.25) is 4.79 Å². The zero-order valence-electron chi connectivity index (χ0n) is 25.6. The molecule has 47 heavy (non-hydrogen) atoms. The molecule has 252 valence electrons. The quantitative estimate of drug-likeness (QED) is 0.181. The lowest BCUT2D eigenvalue weighted by Crippen LogP contribution is -2.64. The van der Waals surface area contributed by atoms with E-state index in [1.807, 2.05) is 18.2 Å². The minimum Gasteiger partial charge on any atom is -0.358 e. The van der Waals surface area contributed by atoms with Crippen LogP contribution < -0.4 is 0 Å². The van der Waals surface area contributed by atoms with Crippen molar-refractivity contribution in [3.63, 3.8) is 0 Å². The smallest absolute Gasteiger partial charge is 0.358 e. The molecule has 0 aromatic heterocycles. The van der Waals surface area contributed by atoms with E-state index in [2.05, 4.69) is 12.1 Å². The maximum atomic E-state index is 14.6. The summed E-state index contributed by atoms with van der Waals surface area (Å²) >= 11 is 0. The van der Waals surface area contributed by atoms with E-state index < -0.39 is 59.8 Å². The van der Waals surface area contributed by atoms with Crippen molar-refractivity contribution in [2.75, 3.05) is 39.3 Å². The number of hydrogen-bond acceptors (Lipinski definition) is 2. The van der Waals surface area contributed by atoms with Gasteiger partial charge in [-0.25, -0.2) is 8.78 Å². The summed E-state index contributed by atoms with van der Waals surface area (Å²) in [7, 11) is 0. The Labute approximate surface area is 267 Å². The van der Waals surface area contributed by atoms with E-state index in [0.29, 0.717) is 18.7 Å². The molecule has 3 aromatic carbocycles. The molecule has 0 N–H and O–H groups in total. The fourth-order valence-corrected chi connectivity index (χ4v) is 7.64. The number of rotatable bonds is 8. The first-order chi connectivity index (χ1) is 22.1. The largest absolute Gasteiger partial charge is 0.416 e. The van der Waals surface area contributed by atoms with Crippen LogP contribution in [-0.2, 0) is 40.5 Å². The highest BCUT2D eigenvalue weighted by Gasteiger charge is 2.51. The first-order valence-corrected chi connectivity index (χ1v) is 15.6. The third-order valence-electron chi connectivity index (χ3n) is 10.5. The second-order valence-corrected chi connectivity index (χ2v) is 13.5. The lowest BCUT2D eigenvalue weighted by atomic mass is 9.67. The molecule has 1 amide bonds. The predicted molar refractivity (Wildman–Crippen MR) is 157 cm³/mol. The number of alkyl halides is 6. The molecular formula is C35H35F8N2O2+. The highest BCUT2D eigenvalue weighted by molar-refractivity contribution is 5.78. The number of benzene rings is 3. The number of hydrogen-bond donors (Lipinski definition) is 0. The summed E-state index contributed by atoms with van der Waals surface area (Å²) in [6.45, 7) is 1.99. The molecule has 0 radical (unpaired) electrons. The number of morpholine rings is 1. The second-order valence-electron chi connectivity index (χ2n) is 13.5. The number of quaternary nitrogens is 1. The van der Waals surface area contributed by atoms with Crippen molar-refractivity contribution in [3.05, 3.63) is 106 Å². The number of piperidine rings is 3. The van der Waals surface area contributed by atoms with Gasteiger partial charge in [0.25, 0.3) is 0 Å². The molecule has 4 aliphatic heterocycles. The van der Waals surface area contributed by atoms with Crippen LogP contribution in [0.15, 0.2) is 66.7 Å². The monoisotopic (exact) mass is 667 g/mol. The average Bonchev–Trinajstić information content (AvgIpc) is 3.03. The van der Waals surface area contributed by atoms with Crippen LogP contribution in [0.2, 0.25) is 0 Å². The fraction of sp³-hybridized carbons (Fsp3) is 0.457. The molecular weight excluding hydrogens is 632 g/mol. The Morgan fingerprint density at radius 2 is 1.38 bits per heavy atom. The normalized spacial score (nSPS) is 26.6. The van der Waals surface area contributed by atoms with Gasteiger partial charge < -0.3 is 14.1 Å². The van der Waals surface area contributed by atoms with E-state index in [1.54, 1.807) is 0 Å². The Morgan fingerprint density at radius 3 is 1.96 bits per heavy atom. The van der Waals surface area contributed by atoms with E-state index in [-0.39, 0.29) is 35.6 Å². The fourth-order valence-electron chi connectivity index (χ4n) is 7.64. The van der Waals surface area contributed by atoms with Crippen LogP contribution in [0.1, 0.15) is 53.5 Å². The highest BCUT2D eigenvalue weighted by atomic mass is 19.4. The Bertz CT molecular complexity index is 1570. The molecule has 0 aliphatic carbocycles. The van der Waals surface area contributed by atoms with Gasteiger partial charge in [0.15, 0.2) is 11.6 Å². The van der Waals surface area contributed by atoms with Crippen molar-refractivity contribution >= 4 is 5.91 Å². The molecule has 2 bridgehead atoms. The minimum absolute atomic E-state index is 0.0380. The summed E-state index contributed by atoms with van der Waals surface area (Å²) < 4.78 is 117.